The number of amides is 2. The summed E-state index contributed by atoms with van der Waals surface area (Å²) in [6.45, 7) is 1.98. The molecule has 5 aromatic rings. The maximum absolute atomic E-state index is 13.5. The van der Waals surface area contributed by atoms with Crippen LogP contribution in [-0.2, 0) is 9.59 Å². The number of thiocarbonyl (C=S) groups is 1. The van der Waals surface area contributed by atoms with E-state index in [4.69, 9.17) is 17.0 Å². The van der Waals surface area contributed by atoms with Gasteiger partial charge in [-0.25, -0.2) is 0 Å². The third-order valence-corrected chi connectivity index (χ3v) is 6.21. The first-order chi connectivity index (χ1) is 18.0. The Balaban J connectivity index is 1.36. The van der Waals surface area contributed by atoms with Crippen LogP contribution in [0.5, 0.6) is 11.5 Å². The maximum atomic E-state index is 13.5. The molecule has 9 nitrogen and oxygen atoms in total. The lowest BCUT2D eigenvalue weighted by Gasteiger charge is -2.29. The molecule has 2 aromatic heterocycles. The molecule has 1 fully saturated rings. The number of fused-ring (bicyclic) bond motifs is 3. The smallest absolute Gasteiger partial charge is 0.270 e. The molecular formula is C27H18N6O3S. The zero-order chi connectivity index (χ0) is 25.5. The van der Waals surface area contributed by atoms with Crippen LogP contribution in [-0.4, -0.2) is 37.0 Å². The Hall–Kier alpha value is -4.96. The molecule has 3 aromatic carbocycles. The first kappa shape index (κ1) is 22.5. The van der Waals surface area contributed by atoms with Gasteiger partial charge in [-0.15, -0.1) is 5.10 Å². The van der Waals surface area contributed by atoms with Gasteiger partial charge in [-0.1, -0.05) is 30.3 Å². The monoisotopic (exact) mass is 506 g/mol. The molecule has 0 spiro atoms. The Kier molecular flexibility index (Phi) is 5.42. The number of rotatable bonds is 4. The van der Waals surface area contributed by atoms with Crippen molar-refractivity contribution in [2.45, 2.75) is 6.92 Å². The second kappa shape index (κ2) is 8.92. The number of benzene rings is 3. The Morgan fingerprint density at radius 1 is 0.946 bits per heavy atom. The summed E-state index contributed by atoms with van der Waals surface area (Å²) in [6, 6.07) is 24.0. The molecule has 37 heavy (non-hydrogen) atoms. The van der Waals surface area contributed by atoms with Gasteiger partial charge < -0.3 is 4.74 Å². The van der Waals surface area contributed by atoms with E-state index in [2.05, 4.69) is 20.8 Å². The lowest BCUT2D eigenvalue weighted by atomic mass is 10.0. The highest BCUT2D eigenvalue weighted by atomic mass is 32.1. The summed E-state index contributed by atoms with van der Waals surface area (Å²) in [4.78, 5) is 27.6. The topological polar surface area (TPSA) is 102 Å². The number of aromatic nitrogens is 4. The van der Waals surface area contributed by atoms with Crippen molar-refractivity contribution >= 4 is 57.5 Å². The molecule has 1 N–H and O–H groups in total. The first-order valence-electron chi connectivity index (χ1n) is 11.3. The number of pyridine rings is 1. The number of tetrazole rings is 1. The van der Waals surface area contributed by atoms with Crippen molar-refractivity contribution in [3.05, 3.63) is 95.6 Å². The Bertz CT molecular complexity index is 1750. The molecule has 0 radical (unpaired) electrons. The minimum Gasteiger partial charge on any atom is -0.457 e. The van der Waals surface area contributed by atoms with Gasteiger partial charge in [0.05, 0.1) is 11.2 Å². The molecule has 1 aliphatic heterocycles. The van der Waals surface area contributed by atoms with Gasteiger partial charge in [-0.2, -0.15) is 4.52 Å². The van der Waals surface area contributed by atoms with E-state index in [0.717, 1.165) is 16.5 Å². The Labute approximate surface area is 216 Å². The van der Waals surface area contributed by atoms with Crippen LogP contribution < -0.4 is 15.0 Å². The summed E-state index contributed by atoms with van der Waals surface area (Å²) < 4.78 is 7.42. The van der Waals surface area contributed by atoms with E-state index in [9.17, 15) is 9.59 Å². The summed E-state index contributed by atoms with van der Waals surface area (Å²) in [5.74, 6) is 0.139. The van der Waals surface area contributed by atoms with Gasteiger partial charge in [0.2, 0.25) is 0 Å². The van der Waals surface area contributed by atoms with Gasteiger partial charge in [0, 0.05) is 10.9 Å². The third kappa shape index (κ3) is 4.09. The number of nitrogens with one attached hydrogen (secondary N) is 1. The van der Waals surface area contributed by atoms with E-state index in [1.54, 1.807) is 28.8 Å². The van der Waals surface area contributed by atoms with Crippen LogP contribution in [0.2, 0.25) is 0 Å². The highest BCUT2D eigenvalue weighted by molar-refractivity contribution is 7.80. The van der Waals surface area contributed by atoms with Crippen molar-refractivity contribution < 1.29 is 14.3 Å². The van der Waals surface area contributed by atoms with Crippen LogP contribution in [0.25, 0.3) is 22.6 Å². The zero-order valence-electron chi connectivity index (χ0n) is 19.5. The minimum atomic E-state index is -0.593. The molecule has 3 heterocycles. The van der Waals surface area contributed by atoms with Crippen molar-refractivity contribution in [3.8, 4) is 11.5 Å². The number of hydrogen-bond acceptors (Lipinski definition) is 7. The van der Waals surface area contributed by atoms with Crippen molar-refractivity contribution in [2.75, 3.05) is 4.90 Å². The number of ether oxygens (including phenoxy) is 1. The quantitative estimate of drug-likeness (QED) is 0.221. The maximum Gasteiger partial charge on any atom is 0.270 e. The van der Waals surface area contributed by atoms with Crippen LogP contribution in [0.4, 0.5) is 5.69 Å². The van der Waals surface area contributed by atoms with Crippen molar-refractivity contribution in [3.63, 3.8) is 0 Å². The molecule has 1 aliphatic rings. The van der Waals surface area contributed by atoms with Crippen LogP contribution in [0.1, 0.15) is 11.1 Å². The molecule has 0 atom stereocenters. The van der Waals surface area contributed by atoms with Crippen molar-refractivity contribution in [1.29, 1.82) is 0 Å². The third-order valence-electron chi connectivity index (χ3n) is 5.93. The highest BCUT2D eigenvalue weighted by Gasteiger charge is 2.34. The number of anilines is 1. The lowest BCUT2D eigenvalue weighted by Crippen LogP contribution is -2.54. The van der Waals surface area contributed by atoms with E-state index in [1.165, 1.54) is 11.0 Å². The highest BCUT2D eigenvalue weighted by Crippen LogP contribution is 2.28. The number of nitrogens with zero attached hydrogens (tertiary/aromatic N) is 5. The standard InChI is InChI=1S/C27H18N6O3S/c1-16-7-8-17-14-18(24-29-30-31-33(24)23(17)13-16)15-22-25(34)28-27(37)32(26(22)35)19-9-11-21(12-10-19)36-20-5-3-2-4-6-20/h2-15H,1H3,(H,28,34,37). The largest absolute Gasteiger partial charge is 0.457 e. The molecular weight excluding hydrogens is 488 g/mol. The number of carbonyl (C=O) groups is 2. The molecule has 180 valence electrons. The lowest BCUT2D eigenvalue weighted by molar-refractivity contribution is -0.122. The molecule has 2 amide bonds. The van der Waals surface area contributed by atoms with Gasteiger partial charge in [0.1, 0.15) is 17.1 Å². The SMILES string of the molecule is Cc1ccc2cc(C=C3C(=O)NC(=S)N(c4ccc(Oc5ccccc5)cc4)C3=O)c3nnnn3c2c1. The normalized spacial score (nSPS) is 15.0. The summed E-state index contributed by atoms with van der Waals surface area (Å²) >= 11 is 5.34. The van der Waals surface area contributed by atoms with E-state index in [-0.39, 0.29) is 10.7 Å². The Morgan fingerprint density at radius 2 is 1.70 bits per heavy atom. The molecule has 1 saturated heterocycles. The van der Waals surface area contributed by atoms with Crippen molar-refractivity contribution in [1.82, 2.24) is 25.4 Å². The summed E-state index contributed by atoms with van der Waals surface area (Å²) in [5, 5.41) is 15.5. The number of hydrogen-bond donors (Lipinski definition) is 1. The van der Waals surface area contributed by atoms with Crippen LogP contribution in [0.3, 0.4) is 0 Å². The Morgan fingerprint density at radius 3 is 2.49 bits per heavy atom. The molecule has 0 saturated carbocycles. The van der Waals surface area contributed by atoms with E-state index >= 15 is 0 Å². The summed E-state index contributed by atoms with van der Waals surface area (Å²) in [5.41, 5.74) is 3.23. The molecule has 10 heteroatoms. The van der Waals surface area contributed by atoms with Crippen LogP contribution >= 0.6 is 12.2 Å². The fourth-order valence-electron chi connectivity index (χ4n) is 4.16. The molecule has 0 aliphatic carbocycles. The fraction of sp³-hybridized carbons (Fsp3) is 0.0370. The van der Waals surface area contributed by atoms with E-state index < -0.39 is 11.8 Å². The summed E-state index contributed by atoms with van der Waals surface area (Å²) in [7, 11) is 0. The second-order valence-electron chi connectivity index (χ2n) is 8.44. The average molecular weight is 507 g/mol. The van der Waals surface area contributed by atoms with Gasteiger partial charge in [-0.3, -0.25) is 19.8 Å². The predicted octanol–water partition coefficient (Wildman–Crippen LogP) is 4.21. The van der Waals surface area contributed by atoms with Crippen LogP contribution in [0, 0.1) is 6.92 Å². The predicted molar refractivity (Wildman–Crippen MR) is 142 cm³/mol. The molecule has 0 unspecified atom stereocenters. The number of carbonyl (C=O) groups excluding carboxylic acids is 2. The van der Waals surface area contributed by atoms with Gasteiger partial charge in [0.15, 0.2) is 10.8 Å². The van der Waals surface area contributed by atoms with E-state index in [1.807, 2.05) is 61.5 Å². The van der Waals surface area contributed by atoms with Crippen molar-refractivity contribution in [2.24, 2.45) is 0 Å². The van der Waals surface area contributed by atoms with Gasteiger partial charge >= 0.3 is 0 Å². The summed E-state index contributed by atoms with van der Waals surface area (Å²) in [6.07, 6.45) is 1.49. The minimum absolute atomic E-state index is 0.00726. The molecule has 0 bridgehead atoms. The van der Waals surface area contributed by atoms with Crippen LogP contribution in [0.15, 0.2) is 84.4 Å². The number of para-hydroxylation sites is 1. The number of aryl methyl sites for hydroxylation is 1. The molecule has 6 rings (SSSR count). The fourth-order valence-corrected chi connectivity index (χ4v) is 4.44. The van der Waals surface area contributed by atoms with E-state index in [0.29, 0.717) is 28.4 Å². The van der Waals surface area contributed by atoms with Gasteiger partial charge in [0.25, 0.3) is 11.8 Å². The average Bonchev–Trinajstić information content (AvgIpc) is 3.39. The first-order valence-corrected chi connectivity index (χ1v) is 11.7. The van der Waals surface area contributed by atoms with Gasteiger partial charge in [-0.05, 0) is 89.7 Å². The zero-order valence-corrected chi connectivity index (χ0v) is 20.3. The second-order valence-corrected chi connectivity index (χ2v) is 8.83.